The smallest absolute Gasteiger partial charge is 0.435 e. The van der Waals surface area contributed by atoms with Crippen LogP contribution >= 0.6 is 0 Å². The fraction of sp³-hybridized carbons (Fsp3) is 0.350. The molecule has 152 valence electrons. The van der Waals surface area contributed by atoms with Crippen molar-refractivity contribution < 1.29 is 27.9 Å². The van der Waals surface area contributed by atoms with Crippen molar-refractivity contribution in [2.75, 3.05) is 5.32 Å². The van der Waals surface area contributed by atoms with Crippen LogP contribution in [-0.4, -0.2) is 21.7 Å². The highest BCUT2D eigenvalue weighted by Crippen LogP contribution is 2.48. The molecule has 0 saturated heterocycles. The molecule has 1 N–H and O–H groups in total. The standard InChI is InChI=1S/C20H18F3N3O3/c1-26-17(15(10-5-3-2-4-6-10)16(25-26)20(21,22)23)24-18(27)13-11-7-8-12(9-11)14(13)19(28)29/h2-8,11-14H,9H2,1H3,(H,24,27)(H,28,29)/p-1/t11-,12+,13-,14+/m1/s1. The third kappa shape index (κ3) is 3.20. The number of carbonyl (C=O) groups excluding carboxylic acids is 2. The molecule has 0 spiro atoms. The van der Waals surface area contributed by atoms with Gasteiger partial charge in [0.1, 0.15) is 5.82 Å². The second-order valence-corrected chi connectivity index (χ2v) is 7.37. The van der Waals surface area contributed by atoms with E-state index in [0.29, 0.717) is 6.42 Å². The third-order valence-electron chi connectivity index (χ3n) is 5.65. The first kappa shape index (κ1) is 19.2. The van der Waals surface area contributed by atoms with Crippen molar-refractivity contribution in [3.8, 4) is 11.1 Å². The number of nitrogens with zero attached hydrogens (tertiary/aromatic N) is 2. The lowest BCUT2D eigenvalue weighted by Crippen LogP contribution is -2.43. The molecule has 1 aromatic heterocycles. The van der Waals surface area contributed by atoms with Gasteiger partial charge < -0.3 is 15.2 Å². The number of hydrogen-bond donors (Lipinski definition) is 1. The molecule has 1 fully saturated rings. The summed E-state index contributed by atoms with van der Waals surface area (Å²) in [6.45, 7) is 0. The number of carboxylic acids is 1. The van der Waals surface area contributed by atoms with Crippen molar-refractivity contribution >= 4 is 17.7 Å². The lowest BCUT2D eigenvalue weighted by Gasteiger charge is -2.28. The summed E-state index contributed by atoms with van der Waals surface area (Å²) >= 11 is 0. The zero-order valence-electron chi connectivity index (χ0n) is 15.3. The number of aliphatic carboxylic acids is 1. The molecule has 1 saturated carbocycles. The van der Waals surface area contributed by atoms with Gasteiger partial charge in [-0.05, 0) is 23.8 Å². The van der Waals surface area contributed by atoms with Crippen molar-refractivity contribution in [1.82, 2.24) is 9.78 Å². The number of aryl methyl sites for hydroxylation is 1. The van der Waals surface area contributed by atoms with Gasteiger partial charge in [-0.15, -0.1) is 0 Å². The number of carbonyl (C=O) groups is 2. The van der Waals surface area contributed by atoms with Crippen LogP contribution in [0.2, 0.25) is 0 Å². The topological polar surface area (TPSA) is 87.0 Å². The average molecular weight is 404 g/mol. The number of fused-ring (bicyclic) bond motifs is 2. The molecule has 2 aliphatic rings. The van der Waals surface area contributed by atoms with E-state index in [1.165, 1.54) is 19.2 Å². The molecule has 0 radical (unpaired) electrons. The van der Waals surface area contributed by atoms with Gasteiger partial charge in [-0.3, -0.25) is 9.48 Å². The number of benzene rings is 1. The largest absolute Gasteiger partial charge is 0.550 e. The SMILES string of the molecule is Cn1nc(C(F)(F)F)c(-c2ccccc2)c1NC(=O)[C@H]1[C@@H](C(=O)[O-])[C@H]2C=C[C@@H]1C2. The van der Waals surface area contributed by atoms with Gasteiger partial charge in [-0.1, -0.05) is 42.5 Å². The van der Waals surface area contributed by atoms with Crippen LogP contribution in [0.5, 0.6) is 0 Å². The minimum atomic E-state index is -4.73. The summed E-state index contributed by atoms with van der Waals surface area (Å²) in [5.41, 5.74) is -1.13. The molecule has 1 aromatic carbocycles. The molecule has 1 amide bonds. The number of hydrogen-bond acceptors (Lipinski definition) is 4. The molecule has 4 atom stereocenters. The number of alkyl halides is 3. The molecular formula is C20H17F3N3O3-. The fourth-order valence-electron chi connectivity index (χ4n) is 4.45. The molecule has 2 bridgehead atoms. The molecule has 2 aliphatic carbocycles. The Bertz CT molecular complexity index is 998. The first-order valence-electron chi connectivity index (χ1n) is 9.08. The summed E-state index contributed by atoms with van der Waals surface area (Å²) in [4.78, 5) is 24.5. The van der Waals surface area contributed by atoms with Gasteiger partial charge in [-0.25, -0.2) is 0 Å². The van der Waals surface area contributed by atoms with Crippen molar-refractivity contribution in [2.45, 2.75) is 12.6 Å². The van der Waals surface area contributed by atoms with Crippen molar-refractivity contribution in [3.63, 3.8) is 0 Å². The quantitative estimate of drug-likeness (QED) is 0.792. The van der Waals surface area contributed by atoms with E-state index in [-0.39, 0.29) is 28.8 Å². The molecule has 4 rings (SSSR count). The van der Waals surface area contributed by atoms with E-state index < -0.39 is 35.6 Å². The molecule has 2 aromatic rings. The first-order chi connectivity index (χ1) is 13.7. The minimum absolute atomic E-state index is 0.127. The highest BCUT2D eigenvalue weighted by Gasteiger charge is 2.49. The minimum Gasteiger partial charge on any atom is -0.550 e. The monoisotopic (exact) mass is 404 g/mol. The van der Waals surface area contributed by atoms with Crippen LogP contribution in [0.4, 0.5) is 19.0 Å². The number of nitrogens with one attached hydrogen (secondary N) is 1. The maximum atomic E-state index is 13.6. The summed E-state index contributed by atoms with van der Waals surface area (Å²) in [7, 11) is 1.30. The summed E-state index contributed by atoms with van der Waals surface area (Å²) in [5.74, 6) is -4.58. The van der Waals surface area contributed by atoms with Crippen LogP contribution in [0.1, 0.15) is 12.1 Å². The van der Waals surface area contributed by atoms with Crippen LogP contribution in [0, 0.1) is 23.7 Å². The predicted molar refractivity (Wildman–Crippen MR) is 95.0 cm³/mol. The number of amides is 1. The molecule has 9 heteroatoms. The highest BCUT2D eigenvalue weighted by molar-refractivity contribution is 5.99. The fourth-order valence-corrected chi connectivity index (χ4v) is 4.45. The Morgan fingerprint density at radius 2 is 1.76 bits per heavy atom. The summed E-state index contributed by atoms with van der Waals surface area (Å²) < 4.78 is 41.7. The van der Waals surface area contributed by atoms with Crippen LogP contribution in [0.25, 0.3) is 11.1 Å². The lowest BCUT2D eigenvalue weighted by molar-refractivity contribution is -0.313. The third-order valence-corrected chi connectivity index (χ3v) is 5.65. The Kier molecular flexibility index (Phi) is 4.48. The zero-order valence-corrected chi connectivity index (χ0v) is 15.3. The summed E-state index contributed by atoms with van der Waals surface area (Å²) in [6, 6.07) is 7.82. The van der Waals surface area contributed by atoms with Crippen LogP contribution in [-0.2, 0) is 22.8 Å². The number of carboxylic acid groups (broad SMARTS) is 1. The van der Waals surface area contributed by atoms with E-state index in [0.717, 1.165) is 4.68 Å². The van der Waals surface area contributed by atoms with E-state index in [1.807, 2.05) is 0 Å². The Hall–Kier alpha value is -3.10. The van der Waals surface area contributed by atoms with Gasteiger partial charge in [0.05, 0.1) is 11.5 Å². The average Bonchev–Trinajstić information content (AvgIpc) is 3.35. The van der Waals surface area contributed by atoms with Gasteiger partial charge in [0.2, 0.25) is 5.91 Å². The molecule has 6 nitrogen and oxygen atoms in total. The predicted octanol–water partition coefficient (Wildman–Crippen LogP) is 2.23. The Morgan fingerprint density at radius 1 is 1.14 bits per heavy atom. The molecular weight excluding hydrogens is 387 g/mol. The second kappa shape index (κ2) is 6.75. The van der Waals surface area contributed by atoms with Crippen LogP contribution < -0.4 is 10.4 Å². The lowest BCUT2D eigenvalue weighted by atomic mass is 9.82. The van der Waals surface area contributed by atoms with Gasteiger partial charge in [0.25, 0.3) is 0 Å². The molecule has 0 aliphatic heterocycles. The number of aromatic nitrogens is 2. The Labute approximate surface area is 164 Å². The zero-order chi connectivity index (χ0) is 20.9. The van der Waals surface area contributed by atoms with Gasteiger partial charge in [-0.2, -0.15) is 18.3 Å². The highest BCUT2D eigenvalue weighted by atomic mass is 19.4. The van der Waals surface area contributed by atoms with Gasteiger partial charge >= 0.3 is 6.18 Å². The first-order valence-corrected chi connectivity index (χ1v) is 9.08. The van der Waals surface area contributed by atoms with Crippen molar-refractivity contribution in [2.24, 2.45) is 30.7 Å². The maximum Gasteiger partial charge on any atom is 0.435 e. The number of rotatable bonds is 4. The van der Waals surface area contributed by atoms with E-state index in [9.17, 15) is 27.9 Å². The van der Waals surface area contributed by atoms with Gasteiger partial charge in [0, 0.05) is 18.9 Å². The summed E-state index contributed by atoms with van der Waals surface area (Å²) in [5, 5.41) is 17.7. The van der Waals surface area contributed by atoms with Crippen LogP contribution in [0.15, 0.2) is 42.5 Å². The number of anilines is 1. The Morgan fingerprint density at radius 3 is 2.34 bits per heavy atom. The Balaban J connectivity index is 1.74. The summed E-state index contributed by atoms with van der Waals surface area (Å²) in [6.07, 6.45) is -0.664. The maximum absolute atomic E-state index is 13.6. The van der Waals surface area contributed by atoms with Crippen LogP contribution in [0.3, 0.4) is 0 Å². The normalized spacial score (nSPS) is 25.4. The second-order valence-electron chi connectivity index (χ2n) is 7.37. The van der Waals surface area contributed by atoms with Crippen molar-refractivity contribution in [1.29, 1.82) is 0 Å². The van der Waals surface area contributed by atoms with Crippen molar-refractivity contribution in [3.05, 3.63) is 48.2 Å². The number of halogens is 3. The van der Waals surface area contributed by atoms with E-state index in [1.54, 1.807) is 30.4 Å². The molecule has 0 unspecified atom stereocenters. The van der Waals surface area contributed by atoms with E-state index >= 15 is 0 Å². The molecule has 1 heterocycles. The number of allylic oxidation sites excluding steroid dienone is 2. The van der Waals surface area contributed by atoms with Gasteiger partial charge in [0.15, 0.2) is 5.69 Å². The van der Waals surface area contributed by atoms with E-state index in [4.69, 9.17) is 0 Å². The van der Waals surface area contributed by atoms with E-state index in [2.05, 4.69) is 10.4 Å². The molecule has 29 heavy (non-hydrogen) atoms.